The monoisotopic (exact) mass is 253 g/mol. The molecule has 18 heavy (non-hydrogen) atoms. The van der Waals surface area contributed by atoms with Crippen LogP contribution >= 0.6 is 0 Å². The Bertz CT molecular complexity index is 418. The average Bonchev–Trinajstić information content (AvgIpc) is 2.89. The second-order valence-electron chi connectivity index (χ2n) is 4.96. The van der Waals surface area contributed by atoms with E-state index in [9.17, 15) is 4.79 Å². The lowest BCUT2D eigenvalue weighted by molar-refractivity contribution is 0.0685. The number of hydrogen-bond donors (Lipinski definition) is 1. The molecule has 0 aromatic carbocycles. The summed E-state index contributed by atoms with van der Waals surface area (Å²) in [6, 6.07) is 2.06. The van der Waals surface area contributed by atoms with Gasteiger partial charge in [0, 0.05) is 18.7 Å². The molecule has 0 saturated carbocycles. The van der Waals surface area contributed by atoms with Crippen molar-refractivity contribution in [2.75, 3.05) is 27.2 Å². The van der Waals surface area contributed by atoms with Crippen LogP contribution in [0.1, 0.15) is 29.1 Å². The lowest BCUT2D eigenvalue weighted by atomic mass is 10.2. The minimum absolute atomic E-state index is 0.0311. The average molecular weight is 253 g/mol. The summed E-state index contributed by atoms with van der Waals surface area (Å²) in [5.74, 6) is -0.460. The van der Waals surface area contributed by atoms with Crippen LogP contribution in [0.2, 0.25) is 0 Å². The van der Waals surface area contributed by atoms with Crippen LogP contribution in [0.25, 0.3) is 0 Å². The highest BCUT2D eigenvalue weighted by atomic mass is 16.5. The van der Waals surface area contributed by atoms with Gasteiger partial charge in [-0.25, -0.2) is 4.79 Å². The Morgan fingerprint density at radius 2 is 2.50 bits per heavy atom. The molecule has 1 atom stereocenters. The Kier molecular flexibility index (Phi) is 3.98. The van der Waals surface area contributed by atoms with Crippen molar-refractivity contribution in [3.05, 3.63) is 17.5 Å². The van der Waals surface area contributed by atoms with Gasteiger partial charge in [0.1, 0.15) is 0 Å². The van der Waals surface area contributed by atoms with Crippen LogP contribution in [0.3, 0.4) is 0 Å². The normalized spacial score (nSPS) is 20.7. The van der Waals surface area contributed by atoms with Gasteiger partial charge in [0.2, 0.25) is 0 Å². The van der Waals surface area contributed by atoms with E-state index >= 15 is 0 Å². The molecule has 1 N–H and O–H groups in total. The van der Waals surface area contributed by atoms with Crippen molar-refractivity contribution in [3.63, 3.8) is 0 Å². The summed E-state index contributed by atoms with van der Waals surface area (Å²) >= 11 is 0. The van der Waals surface area contributed by atoms with Crippen LogP contribution in [0.15, 0.2) is 10.6 Å². The van der Waals surface area contributed by atoms with E-state index in [0.717, 1.165) is 13.1 Å². The zero-order chi connectivity index (χ0) is 13.1. The lowest BCUT2D eigenvalue weighted by Gasteiger charge is -2.24. The third-order valence-electron chi connectivity index (χ3n) is 3.40. The molecular formula is C12H19N3O3. The third kappa shape index (κ3) is 3.08. The van der Waals surface area contributed by atoms with Crippen molar-refractivity contribution >= 4 is 5.97 Å². The summed E-state index contributed by atoms with van der Waals surface area (Å²) < 4.78 is 5.00. The van der Waals surface area contributed by atoms with E-state index in [0.29, 0.717) is 18.3 Å². The van der Waals surface area contributed by atoms with E-state index in [1.807, 2.05) is 7.05 Å². The maximum Gasteiger partial charge on any atom is 0.358 e. The molecule has 1 fully saturated rings. The molecule has 0 spiro atoms. The predicted molar refractivity (Wildman–Crippen MR) is 65.4 cm³/mol. The first-order chi connectivity index (χ1) is 8.56. The van der Waals surface area contributed by atoms with E-state index < -0.39 is 5.97 Å². The fourth-order valence-electron chi connectivity index (χ4n) is 2.39. The number of hydrogen-bond acceptors (Lipinski definition) is 5. The van der Waals surface area contributed by atoms with Gasteiger partial charge < -0.3 is 14.5 Å². The molecule has 2 rings (SSSR count). The van der Waals surface area contributed by atoms with Crippen LogP contribution in [0, 0.1) is 0 Å². The first-order valence-corrected chi connectivity index (χ1v) is 6.14. The van der Waals surface area contributed by atoms with Gasteiger partial charge in [0.25, 0.3) is 0 Å². The molecule has 1 aliphatic rings. The van der Waals surface area contributed by atoms with E-state index in [1.165, 1.54) is 18.9 Å². The summed E-state index contributed by atoms with van der Waals surface area (Å²) in [7, 11) is 4.15. The van der Waals surface area contributed by atoms with Gasteiger partial charge in [-0.1, -0.05) is 5.16 Å². The van der Waals surface area contributed by atoms with Gasteiger partial charge in [-0.2, -0.15) is 0 Å². The Morgan fingerprint density at radius 1 is 1.72 bits per heavy atom. The fraction of sp³-hybridized carbons (Fsp3) is 0.667. The van der Waals surface area contributed by atoms with Gasteiger partial charge >= 0.3 is 5.97 Å². The van der Waals surface area contributed by atoms with Crippen molar-refractivity contribution in [2.45, 2.75) is 25.4 Å². The number of carboxylic acid groups (broad SMARTS) is 1. The SMILES string of the molecule is CN(Cc1cc(C(=O)O)no1)CC1CCCN1C. The molecule has 1 aromatic heterocycles. The summed E-state index contributed by atoms with van der Waals surface area (Å²) in [6.45, 7) is 2.70. The van der Waals surface area contributed by atoms with Gasteiger partial charge in [0.05, 0.1) is 6.54 Å². The second kappa shape index (κ2) is 5.49. The molecule has 0 bridgehead atoms. The van der Waals surface area contributed by atoms with Crippen LogP contribution in [0.4, 0.5) is 0 Å². The number of aromatic nitrogens is 1. The Hall–Kier alpha value is -1.40. The fourth-order valence-corrected chi connectivity index (χ4v) is 2.39. The van der Waals surface area contributed by atoms with Gasteiger partial charge in [0.15, 0.2) is 11.5 Å². The number of carbonyl (C=O) groups is 1. The molecule has 1 aromatic rings. The number of rotatable bonds is 5. The van der Waals surface area contributed by atoms with Crippen LogP contribution in [-0.4, -0.2) is 59.3 Å². The predicted octanol–water partition coefficient (Wildman–Crippen LogP) is 0.899. The number of aromatic carboxylic acids is 1. The van der Waals surface area contributed by atoms with Crippen molar-refractivity contribution in [1.82, 2.24) is 15.0 Å². The lowest BCUT2D eigenvalue weighted by Crippen LogP contribution is -2.36. The van der Waals surface area contributed by atoms with Crippen LogP contribution in [0.5, 0.6) is 0 Å². The maximum absolute atomic E-state index is 10.7. The summed E-state index contributed by atoms with van der Waals surface area (Å²) in [6.07, 6.45) is 2.47. The van der Waals surface area contributed by atoms with Crippen molar-refractivity contribution in [3.8, 4) is 0 Å². The number of nitrogens with zero attached hydrogens (tertiary/aromatic N) is 3. The molecule has 0 aliphatic carbocycles. The Morgan fingerprint density at radius 3 is 3.06 bits per heavy atom. The van der Waals surface area contributed by atoms with Gasteiger partial charge in [-0.05, 0) is 33.5 Å². The first kappa shape index (κ1) is 13.0. The zero-order valence-electron chi connectivity index (χ0n) is 10.8. The first-order valence-electron chi connectivity index (χ1n) is 6.14. The standard InChI is InChI=1S/C12H19N3O3/c1-14(7-9-4-3-5-15(9)2)8-10-6-11(12(16)17)13-18-10/h6,9H,3-5,7-8H2,1-2H3,(H,16,17). The molecule has 100 valence electrons. The number of likely N-dealkylation sites (N-methyl/N-ethyl adjacent to an activating group) is 2. The molecule has 1 saturated heterocycles. The highest BCUT2D eigenvalue weighted by Crippen LogP contribution is 2.16. The zero-order valence-corrected chi connectivity index (χ0v) is 10.8. The topological polar surface area (TPSA) is 69.8 Å². The Labute approximate surface area is 106 Å². The van der Waals surface area contributed by atoms with E-state index in [2.05, 4.69) is 22.0 Å². The molecule has 0 amide bonds. The molecule has 2 heterocycles. The number of carboxylic acids is 1. The molecule has 6 heteroatoms. The van der Waals surface area contributed by atoms with Crippen molar-refractivity contribution < 1.29 is 14.4 Å². The van der Waals surface area contributed by atoms with Gasteiger partial charge in [-0.15, -0.1) is 0 Å². The minimum Gasteiger partial charge on any atom is -0.476 e. The highest BCUT2D eigenvalue weighted by Gasteiger charge is 2.22. The van der Waals surface area contributed by atoms with Crippen molar-refractivity contribution in [1.29, 1.82) is 0 Å². The number of likely N-dealkylation sites (tertiary alicyclic amines) is 1. The molecule has 1 unspecified atom stereocenters. The summed E-state index contributed by atoms with van der Waals surface area (Å²) in [5, 5.41) is 12.3. The van der Waals surface area contributed by atoms with E-state index in [-0.39, 0.29) is 5.69 Å². The van der Waals surface area contributed by atoms with Gasteiger partial charge in [-0.3, -0.25) is 4.90 Å². The largest absolute Gasteiger partial charge is 0.476 e. The third-order valence-corrected chi connectivity index (χ3v) is 3.40. The minimum atomic E-state index is -1.05. The quantitative estimate of drug-likeness (QED) is 0.840. The van der Waals surface area contributed by atoms with Crippen molar-refractivity contribution in [2.24, 2.45) is 0 Å². The highest BCUT2D eigenvalue weighted by molar-refractivity contribution is 5.85. The molecule has 1 aliphatic heterocycles. The molecule has 0 radical (unpaired) electrons. The summed E-state index contributed by atoms with van der Waals surface area (Å²) in [4.78, 5) is 15.2. The van der Waals surface area contributed by atoms with Crippen LogP contribution in [-0.2, 0) is 6.54 Å². The molecule has 6 nitrogen and oxygen atoms in total. The van der Waals surface area contributed by atoms with Crippen LogP contribution < -0.4 is 0 Å². The second-order valence-corrected chi connectivity index (χ2v) is 4.96. The molecular weight excluding hydrogens is 234 g/mol. The smallest absolute Gasteiger partial charge is 0.358 e. The Balaban J connectivity index is 1.86. The van der Waals surface area contributed by atoms with E-state index in [1.54, 1.807) is 0 Å². The van der Waals surface area contributed by atoms with E-state index in [4.69, 9.17) is 9.63 Å². The summed E-state index contributed by atoms with van der Waals surface area (Å²) in [5.41, 5.74) is -0.0311. The maximum atomic E-state index is 10.7.